The van der Waals surface area contributed by atoms with Crippen molar-refractivity contribution in [3.05, 3.63) is 70.8 Å². The number of carbonyl (C=O) groups excluding carboxylic acids is 3. The van der Waals surface area contributed by atoms with E-state index in [0.29, 0.717) is 5.56 Å². The van der Waals surface area contributed by atoms with Crippen molar-refractivity contribution in [3.8, 4) is 0 Å². The molecule has 2 rings (SSSR count). The van der Waals surface area contributed by atoms with Crippen molar-refractivity contribution in [2.24, 2.45) is 0 Å². The molecule has 5 nitrogen and oxygen atoms in total. The monoisotopic (exact) mass is 353 g/mol. The van der Waals surface area contributed by atoms with Crippen LogP contribution in [0.3, 0.4) is 0 Å². The summed E-state index contributed by atoms with van der Waals surface area (Å²) in [5.74, 6) is -1.19. The van der Waals surface area contributed by atoms with E-state index in [1.54, 1.807) is 12.1 Å². The second-order valence-corrected chi connectivity index (χ2v) is 6.23. The third kappa shape index (κ3) is 5.55. The topological polar surface area (TPSA) is 72.5 Å². The first-order valence-electron chi connectivity index (χ1n) is 8.48. The van der Waals surface area contributed by atoms with Gasteiger partial charge in [-0.1, -0.05) is 42.5 Å². The molecule has 0 aliphatic carbocycles. The maximum Gasteiger partial charge on any atom is 0.326 e. The Bertz CT molecular complexity index is 799. The maximum atomic E-state index is 12.4. The van der Waals surface area contributed by atoms with Crippen molar-refractivity contribution < 1.29 is 19.1 Å². The standard InChI is InChI=1S/C21H23NO4/c1-14-9-10-18(11-15(14)2)21(25)16(3)26-20(24)13-22-19(23)12-17-7-5-4-6-8-17/h4-11,16H,12-13H2,1-3H3,(H,22,23). The summed E-state index contributed by atoms with van der Waals surface area (Å²) < 4.78 is 5.13. The van der Waals surface area contributed by atoms with E-state index in [-0.39, 0.29) is 24.7 Å². The van der Waals surface area contributed by atoms with Crippen molar-refractivity contribution in [1.82, 2.24) is 5.32 Å². The van der Waals surface area contributed by atoms with Crippen LogP contribution in [0, 0.1) is 13.8 Å². The fourth-order valence-electron chi connectivity index (χ4n) is 2.44. The normalized spacial score (nSPS) is 11.5. The first-order valence-corrected chi connectivity index (χ1v) is 8.48. The highest BCUT2D eigenvalue weighted by molar-refractivity contribution is 6.00. The van der Waals surface area contributed by atoms with E-state index in [0.717, 1.165) is 16.7 Å². The fraction of sp³-hybridized carbons (Fsp3) is 0.286. The van der Waals surface area contributed by atoms with Gasteiger partial charge in [0, 0.05) is 5.56 Å². The van der Waals surface area contributed by atoms with Gasteiger partial charge in [0.25, 0.3) is 0 Å². The predicted octanol–water partition coefficient (Wildman–Crippen LogP) is 2.78. The van der Waals surface area contributed by atoms with Gasteiger partial charge in [-0.2, -0.15) is 0 Å². The molecule has 1 atom stereocenters. The van der Waals surface area contributed by atoms with Gasteiger partial charge >= 0.3 is 5.97 Å². The Morgan fingerprint density at radius 1 is 1.00 bits per heavy atom. The number of hydrogen-bond donors (Lipinski definition) is 1. The number of carbonyl (C=O) groups is 3. The lowest BCUT2D eigenvalue weighted by molar-refractivity contribution is -0.146. The maximum absolute atomic E-state index is 12.4. The van der Waals surface area contributed by atoms with Gasteiger partial charge in [-0.3, -0.25) is 14.4 Å². The third-order valence-electron chi connectivity index (χ3n) is 4.11. The molecule has 0 aromatic heterocycles. The summed E-state index contributed by atoms with van der Waals surface area (Å²) in [5.41, 5.74) is 3.45. The van der Waals surface area contributed by atoms with E-state index in [9.17, 15) is 14.4 Å². The van der Waals surface area contributed by atoms with E-state index in [2.05, 4.69) is 5.32 Å². The highest BCUT2D eigenvalue weighted by atomic mass is 16.5. The SMILES string of the molecule is Cc1ccc(C(=O)C(C)OC(=O)CNC(=O)Cc2ccccc2)cc1C. The Morgan fingerprint density at radius 3 is 2.35 bits per heavy atom. The summed E-state index contributed by atoms with van der Waals surface area (Å²) in [7, 11) is 0. The van der Waals surface area contributed by atoms with Crippen LogP contribution in [0.4, 0.5) is 0 Å². The molecule has 0 aliphatic heterocycles. The number of amides is 1. The lowest BCUT2D eigenvalue weighted by Crippen LogP contribution is -2.34. The molecule has 1 unspecified atom stereocenters. The third-order valence-corrected chi connectivity index (χ3v) is 4.11. The number of nitrogens with one attached hydrogen (secondary N) is 1. The van der Waals surface area contributed by atoms with Gasteiger partial charge in [0.2, 0.25) is 11.7 Å². The van der Waals surface area contributed by atoms with Crippen molar-refractivity contribution in [2.45, 2.75) is 33.3 Å². The van der Waals surface area contributed by atoms with E-state index in [1.165, 1.54) is 6.92 Å². The summed E-state index contributed by atoms with van der Waals surface area (Å²) >= 11 is 0. The van der Waals surface area contributed by atoms with E-state index < -0.39 is 12.1 Å². The molecule has 26 heavy (non-hydrogen) atoms. The van der Waals surface area contributed by atoms with Gasteiger partial charge in [0.05, 0.1) is 6.42 Å². The zero-order valence-corrected chi connectivity index (χ0v) is 15.2. The zero-order valence-electron chi connectivity index (χ0n) is 15.2. The second kappa shape index (κ2) is 8.94. The molecule has 1 N–H and O–H groups in total. The summed E-state index contributed by atoms with van der Waals surface area (Å²) in [6.07, 6.45) is -0.721. The molecule has 136 valence electrons. The highest BCUT2D eigenvalue weighted by Crippen LogP contribution is 2.13. The molecule has 2 aromatic carbocycles. The van der Waals surface area contributed by atoms with Crippen LogP contribution in [0.15, 0.2) is 48.5 Å². The zero-order chi connectivity index (χ0) is 19.1. The lowest BCUT2D eigenvalue weighted by Gasteiger charge is -2.13. The quantitative estimate of drug-likeness (QED) is 0.614. The minimum absolute atomic E-state index is 0.186. The Morgan fingerprint density at radius 2 is 1.69 bits per heavy atom. The predicted molar refractivity (Wildman–Crippen MR) is 99.0 cm³/mol. The average molecular weight is 353 g/mol. The molecule has 5 heteroatoms. The van der Waals surface area contributed by atoms with Crippen LogP contribution in [0.1, 0.15) is 34.0 Å². The number of hydrogen-bond acceptors (Lipinski definition) is 4. The molecule has 0 radical (unpaired) electrons. The van der Waals surface area contributed by atoms with Crippen LogP contribution in [-0.4, -0.2) is 30.3 Å². The van der Waals surface area contributed by atoms with Crippen molar-refractivity contribution >= 4 is 17.7 Å². The van der Waals surface area contributed by atoms with Gasteiger partial charge in [0.15, 0.2) is 6.10 Å². The molecule has 0 saturated carbocycles. The first-order chi connectivity index (χ1) is 12.4. The Hall–Kier alpha value is -2.95. The fourth-order valence-corrected chi connectivity index (χ4v) is 2.44. The molecule has 1 amide bonds. The minimum Gasteiger partial charge on any atom is -0.453 e. The number of aryl methyl sites for hydroxylation is 2. The number of rotatable bonds is 7. The first kappa shape index (κ1) is 19.4. The van der Waals surface area contributed by atoms with Crippen LogP contribution in [0.2, 0.25) is 0 Å². The Balaban J connectivity index is 1.81. The molecule has 0 bridgehead atoms. The Kier molecular flexibility index (Phi) is 6.67. The highest BCUT2D eigenvalue weighted by Gasteiger charge is 2.20. The summed E-state index contributed by atoms with van der Waals surface area (Å²) in [4.78, 5) is 36.1. The summed E-state index contributed by atoms with van der Waals surface area (Å²) in [6.45, 7) is 5.15. The van der Waals surface area contributed by atoms with E-state index in [1.807, 2.05) is 50.2 Å². The van der Waals surface area contributed by atoms with Crippen molar-refractivity contribution in [1.29, 1.82) is 0 Å². The number of ether oxygens (including phenoxy) is 1. The van der Waals surface area contributed by atoms with Gasteiger partial charge in [-0.15, -0.1) is 0 Å². The number of Topliss-reactive ketones (excluding diaryl/α,β-unsaturated/α-hetero) is 1. The molecule has 0 heterocycles. The molecule has 2 aromatic rings. The van der Waals surface area contributed by atoms with Crippen LogP contribution in [0.25, 0.3) is 0 Å². The number of ketones is 1. The smallest absolute Gasteiger partial charge is 0.326 e. The van der Waals surface area contributed by atoms with Gasteiger partial charge in [0.1, 0.15) is 6.54 Å². The van der Waals surface area contributed by atoms with Gasteiger partial charge < -0.3 is 10.1 Å². The molecule has 0 fully saturated rings. The molecular weight excluding hydrogens is 330 g/mol. The molecular formula is C21H23NO4. The molecule has 0 aliphatic rings. The van der Waals surface area contributed by atoms with Crippen LogP contribution >= 0.6 is 0 Å². The largest absolute Gasteiger partial charge is 0.453 e. The summed E-state index contributed by atoms with van der Waals surface area (Å²) in [5, 5.41) is 2.51. The second-order valence-electron chi connectivity index (χ2n) is 6.23. The van der Waals surface area contributed by atoms with E-state index in [4.69, 9.17) is 4.74 Å². The average Bonchev–Trinajstić information content (AvgIpc) is 2.62. The van der Waals surface area contributed by atoms with Crippen LogP contribution < -0.4 is 5.32 Å². The van der Waals surface area contributed by atoms with E-state index >= 15 is 0 Å². The minimum atomic E-state index is -0.907. The summed E-state index contributed by atoms with van der Waals surface area (Å²) in [6, 6.07) is 14.6. The molecule has 0 spiro atoms. The van der Waals surface area contributed by atoms with Gasteiger partial charge in [-0.05, 0) is 43.5 Å². The van der Waals surface area contributed by atoms with Crippen LogP contribution in [-0.2, 0) is 20.7 Å². The number of esters is 1. The van der Waals surface area contributed by atoms with Gasteiger partial charge in [-0.25, -0.2) is 0 Å². The van der Waals surface area contributed by atoms with Crippen molar-refractivity contribution in [3.63, 3.8) is 0 Å². The molecule has 0 saturated heterocycles. The van der Waals surface area contributed by atoms with Crippen LogP contribution in [0.5, 0.6) is 0 Å². The number of benzene rings is 2. The lowest BCUT2D eigenvalue weighted by atomic mass is 10.0. The van der Waals surface area contributed by atoms with Crippen molar-refractivity contribution in [2.75, 3.05) is 6.54 Å². The Labute approximate surface area is 153 Å².